The van der Waals surface area contributed by atoms with Crippen LogP contribution in [0.4, 0.5) is 5.00 Å². The van der Waals surface area contributed by atoms with Gasteiger partial charge in [0.05, 0.1) is 17.7 Å². The third-order valence-electron chi connectivity index (χ3n) is 3.69. The molecule has 1 amide bonds. The van der Waals surface area contributed by atoms with E-state index in [1.807, 2.05) is 13.8 Å². The van der Waals surface area contributed by atoms with E-state index in [-0.39, 0.29) is 23.7 Å². The smallest absolute Gasteiger partial charge is 0.341 e. The highest BCUT2D eigenvalue weighted by Crippen LogP contribution is 2.33. The van der Waals surface area contributed by atoms with Crippen molar-refractivity contribution in [2.24, 2.45) is 0 Å². The molecule has 1 aromatic carbocycles. The highest BCUT2D eigenvalue weighted by atomic mass is 32.1. The van der Waals surface area contributed by atoms with Crippen LogP contribution in [-0.4, -0.2) is 37.3 Å². The molecule has 148 valence electrons. The van der Waals surface area contributed by atoms with Crippen molar-refractivity contribution in [1.29, 1.82) is 0 Å². The number of carbonyl (C=O) groups is 4. The fourth-order valence-corrected chi connectivity index (χ4v) is 3.29. The summed E-state index contributed by atoms with van der Waals surface area (Å²) in [5, 5.41) is 2.97. The molecule has 7 nitrogen and oxygen atoms in total. The molecule has 0 bridgehead atoms. The second-order valence-electron chi connectivity index (χ2n) is 6.13. The summed E-state index contributed by atoms with van der Waals surface area (Å²) in [6.07, 6.45) is 0.663. The van der Waals surface area contributed by atoms with Gasteiger partial charge < -0.3 is 14.8 Å². The Morgan fingerprint density at radius 1 is 1.11 bits per heavy atom. The van der Waals surface area contributed by atoms with Crippen molar-refractivity contribution in [2.45, 2.75) is 26.7 Å². The van der Waals surface area contributed by atoms with E-state index in [4.69, 9.17) is 9.47 Å². The van der Waals surface area contributed by atoms with E-state index in [0.717, 1.165) is 4.88 Å². The van der Waals surface area contributed by atoms with Crippen LogP contribution in [0, 0.1) is 0 Å². The zero-order chi connectivity index (χ0) is 20.7. The van der Waals surface area contributed by atoms with Crippen molar-refractivity contribution in [3.63, 3.8) is 0 Å². The third kappa shape index (κ3) is 5.50. The van der Waals surface area contributed by atoms with Crippen LogP contribution in [0.15, 0.2) is 30.3 Å². The molecular weight excluding hydrogens is 382 g/mol. The highest BCUT2D eigenvalue weighted by Gasteiger charge is 2.21. The van der Waals surface area contributed by atoms with E-state index in [0.29, 0.717) is 16.9 Å². The van der Waals surface area contributed by atoms with Gasteiger partial charge in [-0.2, -0.15) is 0 Å². The Morgan fingerprint density at radius 2 is 1.79 bits per heavy atom. The molecule has 0 radical (unpaired) electrons. The zero-order valence-corrected chi connectivity index (χ0v) is 16.6. The number of hydrogen-bond acceptors (Lipinski definition) is 7. The number of carbonyl (C=O) groups excluding carboxylic acids is 4. The molecule has 1 heterocycles. The molecule has 2 aromatic rings. The highest BCUT2D eigenvalue weighted by molar-refractivity contribution is 7.16. The van der Waals surface area contributed by atoms with Gasteiger partial charge in [0, 0.05) is 10.4 Å². The summed E-state index contributed by atoms with van der Waals surface area (Å²) in [5.74, 6) is -1.60. The Morgan fingerprint density at radius 3 is 2.36 bits per heavy atom. The van der Waals surface area contributed by atoms with Crippen molar-refractivity contribution < 1.29 is 28.7 Å². The van der Waals surface area contributed by atoms with Crippen LogP contribution in [0.3, 0.4) is 0 Å². The molecule has 0 aliphatic rings. The van der Waals surface area contributed by atoms with Crippen molar-refractivity contribution in [3.05, 3.63) is 51.9 Å². The van der Waals surface area contributed by atoms with Crippen LogP contribution in [0.1, 0.15) is 62.6 Å². The Hall–Kier alpha value is -3.00. The zero-order valence-electron chi connectivity index (χ0n) is 15.8. The number of aldehydes is 1. The van der Waals surface area contributed by atoms with Gasteiger partial charge in [0.15, 0.2) is 6.61 Å². The van der Waals surface area contributed by atoms with E-state index in [1.54, 1.807) is 13.0 Å². The Labute approximate surface area is 166 Å². The van der Waals surface area contributed by atoms with Gasteiger partial charge >= 0.3 is 11.9 Å². The van der Waals surface area contributed by atoms with Crippen molar-refractivity contribution in [1.82, 2.24) is 0 Å². The lowest BCUT2D eigenvalue weighted by atomic mass is 10.1. The molecule has 0 unspecified atom stereocenters. The minimum absolute atomic E-state index is 0.177. The number of thiophene rings is 1. The summed E-state index contributed by atoms with van der Waals surface area (Å²) in [7, 11) is 0. The van der Waals surface area contributed by atoms with Gasteiger partial charge in [-0.05, 0) is 31.0 Å². The lowest BCUT2D eigenvalue weighted by molar-refractivity contribution is -0.119. The average molecular weight is 403 g/mol. The van der Waals surface area contributed by atoms with E-state index in [2.05, 4.69) is 5.32 Å². The number of anilines is 1. The predicted octanol–water partition coefficient (Wildman–Crippen LogP) is 3.66. The number of esters is 2. The average Bonchev–Trinajstić information content (AvgIpc) is 3.10. The van der Waals surface area contributed by atoms with Gasteiger partial charge in [-0.15, -0.1) is 11.3 Å². The predicted molar refractivity (Wildman–Crippen MR) is 105 cm³/mol. The quantitative estimate of drug-likeness (QED) is 0.533. The maximum atomic E-state index is 12.2. The second-order valence-corrected chi connectivity index (χ2v) is 7.21. The number of hydrogen-bond donors (Lipinski definition) is 1. The monoisotopic (exact) mass is 403 g/mol. The molecule has 1 aromatic heterocycles. The first-order valence-electron chi connectivity index (χ1n) is 8.68. The summed E-state index contributed by atoms with van der Waals surface area (Å²) in [6.45, 7) is 5.37. The first-order valence-corrected chi connectivity index (χ1v) is 9.50. The van der Waals surface area contributed by atoms with Gasteiger partial charge in [0.25, 0.3) is 5.91 Å². The number of benzene rings is 1. The fraction of sp³-hybridized carbons (Fsp3) is 0.300. The summed E-state index contributed by atoms with van der Waals surface area (Å²) in [5.41, 5.74) is 0.933. The molecule has 0 atom stereocenters. The number of nitrogens with one attached hydrogen (secondary N) is 1. The lowest BCUT2D eigenvalue weighted by Gasteiger charge is -2.07. The van der Waals surface area contributed by atoms with Gasteiger partial charge in [0.1, 0.15) is 11.3 Å². The lowest BCUT2D eigenvalue weighted by Crippen LogP contribution is -2.21. The van der Waals surface area contributed by atoms with Crippen LogP contribution in [-0.2, 0) is 14.3 Å². The summed E-state index contributed by atoms with van der Waals surface area (Å²) in [6, 6.07) is 7.54. The first-order chi connectivity index (χ1) is 13.3. The van der Waals surface area contributed by atoms with Gasteiger partial charge in [-0.3, -0.25) is 9.59 Å². The summed E-state index contributed by atoms with van der Waals surface area (Å²) in [4.78, 5) is 47.8. The number of rotatable bonds is 8. The topological polar surface area (TPSA) is 98.8 Å². The van der Waals surface area contributed by atoms with E-state index < -0.39 is 24.5 Å². The van der Waals surface area contributed by atoms with Crippen LogP contribution >= 0.6 is 11.3 Å². The SMILES string of the molecule is CCOC(=O)c1cc(C(C)C)sc1NC(=O)COC(=O)c1ccc(C=O)cc1. The van der Waals surface area contributed by atoms with Crippen LogP contribution in [0.2, 0.25) is 0 Å². The standard InChI is InChI=1S/C20H21NO6S/c1-4-26-20(25)15-9-16(12(2)3)28-18(15)21-17(23)11-27-19(24)14-7-5-13(10-22)6-8-14/h5-10,12H,4,11H2,1-3H3,(H,21,23). The minimum atomic E-state index is -0.688. The van der Waals surface area contributed by atoms with Crippen LogP contribution in [0.25, 0.3) is 0 Å². The second kappa shape index (κ2) is 9.80. The molecule has 0 fully saturated rings. The molecule has 0 aliphatic heterocycles. The fourth-order valence-electron chi connectivity index (χ4n) is 2.22. The number of amides is 1. The molecule has 0 saturated carbocycles. The molecule has 28 heavy (non-hydrogen) atoms. The molecular formula is C20H21NO6S. The number of ether oxygens (including phenoxy) is 2. The summed E-state index contributed by atoms with van der Waals surface area (Å²) < 4.78 is 10.0. The normalized spacial score (nSPS) is 10.4. The maximum Gasteiger partial charge on any atom is 0.341 e. The van der Waals surface area contributed by atoms with E-state index in [9.17, 15) is 19.2 Å². The molecule has 0 saturated heterocycles. The van der Waals surface area contributed by atoms with Gasteiger partial charge in [-0.1, -0.05) is 26.0 Å². The maximum absolute atomic E-state index is 12.2. The molecule has 0 spiro atoms. The van der Waals surface area contributed by atoms with Crippen molar-refractivity contribution in [2.75, 3.05) is 18.5 Å². The van der Waals surface area contributed by atoms with E-state index >= 15 is 0 Å². The Bertz CT molecular complexity index is 869. The van der Waals surface area contributed by atoms with Crippen LogP contribution < -0.4 is 5.32 Å². The molecule has 8 heteroatoms. The van der Waals surface area contributed by atoms with Gasteiger partial charge in [0.2, 0.25) is 0 Å². The third-order valence-corrected chi connectivity index (χ3v) is 5.04. The first kappa shape index (κ1) is 21.3. The molecule has 2 rings (SSSR count). The van der Waals surface area contributed by atoms with Crippen LogP contribution in [0.5, 0.6) is 0 Å². The molecule has 0 aliphatic carbocycles. The van der Waals surface area contributed by atoms with Crippen molar-refractivity contribution in [3.8, 4) is 0 Å². The van der Waals surface area contributed by atoms with Gasteiger partial charge in [-0.25, -0.2) is 9.59 Å². The summed E-state index contributed by atoms with van der Waals surface area (Å²) >= 11 is 1.28. The Balaban J connectivity index is 2.02. The minimum Gasteiger partial charge on any atom is -0.462 e. The van der Waals surface area contributed by atoms with Crippen molar-refractivity contribution >= 4 is 40.5 Å². The van der Waals surface area contributed by atoms with E-state index in [1.165, 1.54) is 35.6 Å². The largest absolute Gasteiger partial charge is 0.462 e. The Kier molecular flexibility index (Phi) is 7.45. The molecule has 1 N–H and O–H groups in total.